The summed E-state index contributed by atoms with van der Waals surface area (Å²) in [6.45, 7) is 6.26. The van der Waals surface area contributed by atoms with Crippen LogP contribution in [0.3, 0.4) is 0 Å². The molecule has 2 N–H and O–H groups in total. The van der Waals surface area contributed by atoms with E-state index in [1.54, 1.807) is 13.8 Å². The van der Waals surface area contributed by atoms with Gasteiger partial charge in [0.05, 0.1) is 5.92 Å². The van der Waals surface area contributed by atoms with Crippen LogP contribution in [0.1, 0.15) is 27.2 Å². The molecule has 0 aromatic rings. The first-order chi connectivity index (χ1) is 9.37. The average molecular weight is 287 g/mol. The molecular formula is C13H25N3O4. The lowest BCUT2D eigenvalue weighted by molar-refractivity contribution is -0.141. The summed E-state index contributed by atoms with van der Waals surface area (Å²) in [6, 6.07) is -0.300. The number of likely N-dealkylation sites (N-methyl/N-ethyl adjacent to an activating group) is 1. The normalized spacial score (nSPS) is 11.6. The number of hydrogen-bond acceptors (Lipinski definition) is 3. The van der Waals surface area contributed by atoms with E-state index in [-0.39, 0.29) is 25.0 Å². The highest BCUT2D eigenvalue weighted by molar-refractivity contribution is 5.84. The van der Waals surface area contributed by atoms with Gasteiger partial charge in [-0.05, 0) is 13.3 Å². The number of hydrogen-bond donors (Lipinski definition) is 2. The summed E-state index contributed by atoms with van der Waals surface area (Å²) in [5, 5.41) is 11.4. The van der Waals surface area contributed by atoms with Gasteiger partial charge in [0.1, 0.15) is 6.54 Å². The van der Waals surface area contributed by atoms with Crippen LogP contribution in [0.4, 0.5) is 4.79 Å². The molecule has 0 aliphatic rings. The summed E-state index contributed by atoms with van der Waals surface area (Å²) in [5.41, 5.74) is 0. The van der Waals surface area contributed by atoms with Crippen LogP contribution in [0.2, 0.25) is 0 Å². The average Bonchev–Trinajstić information content (AvgIpc) is 2.42. The highest BCUT2D eigenvalue weighted by Gasteiger charge is 2.24. The molecule has 1 atom stereocenters. The zero-order chi connectivity index (χ0) is 15.7. The molecule has 0 rings (SSSR count). The van der Waals surface area contributed by atoms with E-state index in [0.29, 0.717) is 13.1 Å². The van der Waals surface area contributed by atoms with Crippen molar-refractivity contribution in [2.75, 3.05) is 33.2 Å². The zero-order valence-electron chi connectivity index (χ0n) is 12.7. The summed E-state index contributed by atoms with van der Waals surface area (Å²) in [6.07, 6.45) is 0.731. The smallest absolute Gasteiger partial charge is 0.320 e. The molecule has 0 fully saturated rings. The number of nitrogens with zero attached hydrogens (tertiary/aromatic N) is 2. The molecule has 1 unspecified atom stereocenters. The fourth-order valence-electron chi connectivity index (χ4n) is 1.72. The first-order valence-corrected chi connectivity index (χ1v) is 6.84. The third-order valence-electron chi connectivity index (χ3n) is 2.95. The summed E-state index contributed by atoms with van der Waals surface area (Å²) >= 11 is 0. The summed E-state index contributed by atoms with van der Waals surface area (Å²) in [4.78, 5) is 37.6. The van der Waals surface area contributed by atoms with Gasteiger partial charge in [0, 0.05) is 26.7 Å². The Morgan fingerprint density at radius 2 is 1.80 bits per heavy atom. The summed E-state index contributed by atoms with van der Waals surface area (Å²) in [7, 11) is 1.51. The largest absolute Gasteiger partial charge is 0.481 e. The lowest BCUT2D eigenvalue weighted by Gasteiger charge is -2.30. The van der Waals surface area contributed by atoms with Gasteiger partial charge >= 0.3 is 12.0 Å². The van der Waals surface area contributed by atoms with Crippen LogP contribution in [0.25, 0.3) is 0 Å². The highest BCUT2D eigenvalue weighted by atomic mass is 16.4. The summed E-state index contributed by atoms with van der Waals surface area (Å²) in [5.74, 6) is -1.82. The number of carbonyl (C=O) groups excluding carboxylic acids is 2. The SMILES string of the molecule is CCCN(CC(=O)NC)C(=O)N(CC)CC(C)C(=O)O. The Morgan fingerprint density at radius 1 is 1.20 bits per heavy atom. The molecule has 0 heterocycles. The van der Waals surface area contributed by atoms with E-state index in [4.69, 9.17) is 5.11 Å². The standard InChI is InChI=1S/C13H25N3O4/c1-5-7-16(9-11(17)14-4)13(20)15(6-2)8-10(3)12(18)19/h10H,5-9H2,1-4H3,(H,14,17)(H,18,19). The van der Waals surface area contributed by atoms with E-state index < -0.39 is 11.9 Å². The van der Waals surface area contributed by atoms with Gasteiger partial charge in [0.15, 0.2) is 0 Å². The van der Waals surface area contributed by atoms with E-state index in [1.807, 2.05) is 6.92 Å². The predicted octanol–water partition coefficient (Wildman–Crippen LogP) is 0.607. The number of nitrogens with one attached hydrogen (secondary N) is 1. The third kappa shape index (κ3) is 5.90. The predicted molar refractivity (Wildman–Crippen MR) is 75.4 cm³/mol. The maximum absolute atomic E-state index is 12.4. The molecule has 7 nitrogen and oxygen atoms in total. The minimum atomic E-state index is -0.940. The molecule has 0 saturated heterocycles. The second-order valence-electron chi connectivity index (χ2n) is 4.66. The number of amides is 3. The molecule has 3 amide bonds. The Balaban J connectivity index is 4.81. The molecular weight excluding hydrogens is 262 g/mol. The first-order valence-electron chi connectivity index (χ1n) is 6.84. The van der Waals surface area contributed by atoms with Gasteiger partial charge in [-0.15, -0.1) is 0 Å². The van der Waals surface area contributed by atoms with Gasteiger partial charge in [-0.3, -0.25) is 9.59 Å². The third-order valence-corrected chi connectivity index (χ3v) is 2.95. The van der Waals surface area contributed by atoms with Gasteiger partial charge < -0.3 is 20.2 Å². The molecule has 0 spiro atoms. The van der Waals surface area contributed by atoms with Gasteiger partial charge in [-0.1, -0.05) is 13.8 Å². The molecule has 0 radical (unpaired) electrons. The fraction of sp³-hybridized carbons (Fsp3) is 0.769. The van der Waals surface area contributed by atoms with Crippen molar-refractivity contribution < 1.29 is 19.5 Å². The second kappa shape index (κ2) is 9.17. The fourth-order valence-corrected chi connectivity index (χ4v) is 1.72. The minimum Gasteiger partial charge on any atom is -0.481 e. The number of carboxylic acid groups (broad SMARTS) is 1. The molecule has 7 heteroatoms. The van der Waals surface area contributed by atoms with Crippen LogP contribution in [0.5, 0.6) is 0 Å². The van der Waals surface area contributed by atoms with Gasteiger partial charge in [-0.25, -0.2) is 4.79 Å². The van der Waals surface area contributed by atoms with Crippen molar-refractivity contribution >= 4 is 17.9 Å². The molecule has 0 aliphatic carbocycles. The topological polar surface area (TPSA) is 90.0 Å². The van der Waals surface area contributed by atoms with Crippen molar-refractivity contribution in [3.8, 4) is 0 Å². The van der Waals surface area contributed by atoms with Crippen molar-refractivity contribution in [1.29, 1.82) is 0 Å². The van der Waals surface area contributed by atoms with Crippen LogP contribution >= 0.6 is 0 Å². The van der Waals surface area contributed by atoms with Gasteiger partial charge in [0.25, 0.3) is 0 Å². The lowest BCUT2D eigenvalue weighted by atomic mass is 10.2. The molecule has 0 aromatic carbocycles. The van der Waals surface area contributed by atoms with Crippen LogP contribution in [-0.4, -0.2) is 66.0 Å². The Morgan fingerprint density at radius 3 is 2.20 bits per heavy atom. The van der Waals surface area contributed by atoms with E-state index >= 15 is 0 Å². The lowest BCUT2D eigenvalue weighted by Crippen LogP contribution is -2.48. The van der Waals surface area contributed by atoms with E-state index in [9.17, 15) is 14.4 Å². The molecule has 20 heavy (non-hydrogen) atoms. The van der Waals surface area contributed by atoms with Gasteiger partial charge in [0.2, 0.25) is 5.91 Å². The van der Waals surface area contributed by atoms with Crippen molar-refractivity contribution in [1.82, 2.24) is 15.1 Å². The Hall–Kier alpha value is -1.79. The molecule has 0 saturated carbocycles. The van der Waals surface area contributed by atoms with Crippen molar-refractivity contribution in [3.63, 3.8) is 0 Å². The maximum Gasteiger partial charge on any atom is 0.320 e. The molecule has 0 aliphatic heterocycles. The monoisotopic (exact) mass is 287 g/mol. The Kier molecular flexibility index (Phi) is 8.35. The highest BCUT2D eigenvalue weighted by Crippen LogP contribution is 2.06. The van der Waals surface area contributed by atoms with Crippen LogP contribution in [0, 0.1) is 5.92 Å². The Labute approximate surface area is 119 Å². The summed E-state index contributed by atoms with van der Waals surface area (Å²) < 4.78 is 0. The molecule has 0 bridgehead atoms. The number of urea groups is 1. The first kappa shape index (κ1) is 18.2. The van der Waals surface area contributed by atoms with Crippen LogP contribution < -0.4 is 5.32 Å². The van der Waals surface area contributed by atoms with E-state index in [2.05, 4.69) is 5.32 Å². The van der Waals surface area contributed by atoms with Crippen molar-refractivity contribution in [2.45, 2.75) is 27.2 Å². The Bertz CT molecular complexity index is 347. The minimum absolute atomic E-state index is 0.0128. The maximum atomic E-state index is 12.4. The van der Waals surface area contributed by atoms with Gasteiger partial charge in [-0.2, -0.15) is 0 Å². The van der Waals surface area contributed by atoms with E-state index in [1.165, 1.54) is 16.8 Å². The second-order valence-corrected chi connectivity index (χ2v) is 4.66. The molecule has 116 valence electrons. The van der Waals surface area contributed by atoms with Crippen LogP contribution in [0.15, 0.2) is 0 Å². The van der Waals surface area contributed by atoms with E-state index in [0.717, 1.165) is 6.42 Å². The number of rotatable bonds is 8. The van der Waals surface area contributed by atoms with Crippen LogP contribution in [-0.2, 0) is 9.59 Å². The molecule has 0 aromatic heterocycles. The number of aliphatic carboxylic acids is 1. The quantitative estimate of drug-likeness (QED) is 0.684. The van der Waals surface area contributed by atoms with Crippen molar-refractivity contribution in [2.24, 2.45) is 5.92 Å². The number of carboxylic acids is 1. The number of carbonyl (C=O) groups is 3. The van der Waals surface area contributed by atoms with Crippen molar-refractivity contribution in [3.05, 3.63) is 0 Å². The zero-order valence-corrected chi connectivity index (χ0v) is 12.7.